The van der Waals surface area contributed by atoms with Gasteiger partial charge in [0.2, 0.25) is 0 Å². The summed E-state index contributed by atoms with van der Waals surface area (Å²) >= 11 is 0. The number of carbonyl (C=O) groups is 1. The van der Waals surface area contributed by atoms with Crippen molar-refractivity contribution in [2.24, 2.45) is 0 Å². The minimum Gasteiger partial charge on any atom is -0.493 e. The van der Waals surface area contributed by atoms with Crippen molar-refractivity contribution in [1.29, 1.82) is 0 Å². The predicted molar refractivity (Wildman–Crippen MR) is 114 cm³/mol. The number of H-pyrrole nitrogens is 1. The molecule has 11 heteroatoms. The average molecular weight is 446 g/mol. The van der Waals surface area contributed by atoms with Crippen LogP contribution in [0.25, 0.3) is 0 Å². The number of amides is 1. The molecular weight excluding hydrogens is 426 g/mol. The molecule has 9 nitrogen and oxygen atoms in total. The molecule has 1 aromatic heterocycles. The highest BCUT2D eigenvalue weighted by Gasteiger charge is 2.27. The minimum atomic E-state index is -3.22. The zero-order valence-corrected chi connectivity index (χ0v) is 17.2. The van der Waals surface area contributed by atoms with Crippen LogP contribution in [0, 0.1) is 0 Å². The lowest BCUT2D eigenvalue weighted by molar-refractivity contribution is -0.0515. The Labute approximate surface area is 180 Å². The van der Waals surface area contributed by atoms with Crippen LogP contribution in [0.2, 0.25) is 0 Å². The standard InChI is InChI=1S/C21H20F2N4O5/c1-26(19(29)13-9-6-10-14(31-2)16(13)32-20(22)23)15-17(24)27(21(30)25-18(15)28)11-12-7-4-3-5-8-12/h3-10,20H,11,24H2,1-2H3,(H,25,28,30). The van der Waals surface area contributed by atoms with E-state index in [0.717, 1.165) is 15.0 Å². The molecule has 1 heterocycles. The van der Waals surface area contributed by atoms with E-state index in [-0.39, 0.29) is 29.4 Å². The molecule has 0 aliphatic rings. The van der Waals surface area contributed by atoms with Gasteiger partial charge in [0, 0.05) is 7.05 Å². The van der Waals surface area contributed by atoms with Gasteiger partial charge in [0.15, 0.2) is 17.2 Å². The average Bonchev–Trinajstić information content (AvgIpc) is 2.76. The van der Waals surface area contributed by atoms with Crippen LogP contribution in [0.3, 0.4) is 0 Å². The number of hydrogen-bond acceptors (Lipinski definition) is 6. The molecule has 1 amide bonds. The lowest BCUT2D eigenvalue weighted by atomic mass is 10.1. The van der Waals surface area contributed by atoms with Crippen molar-refractivity contribution < 1.29 is 23.0 Å². The third-order valence-corrected chi connectivity index (χ3v) is 4.67. The fraction of sp³-hybridized carbons (Fsp3) is 0.190. The summed E-state index contributed by atoms with van der Waals surface area (Å²) in [5.41, 5.74) is 4.55. The Balaban J connectivity index is 2.07. The molecule has 3 N–H and O–H groups in total. The Morgan fingerprint density at radius 1 is 1.16 bits per heavy atom. The second-order valence-electron chi connectivity index (χ2n) is 6.64. The second kappa shape index (κ2) is 9.33. The van der Waals surface area contributed by atoms with E-state index in [2.05, 4.69) is 9.72 Å². The molecule has 0 aliphatic carbocycles. The lowest BCUT2D eigenvalue weighted by Crippen LogP contribution is -2.39. The summed E-state index contributed by atoms with van der Waals surface area (Å²) < 4.78 is 36.4. The first-order valence-corrected chi connectivity index (χ1v) is 9.31. The second-order valence-corrected chi connectivity index (χ2v) is 6.64. The molecule has 0 saturated carbocycles. The first-order valence-electron chi connectivity index (χ1n) is 9.31. The number of anilines is 2. The molecule has 0 aliphatic heterocycles. The Bertz CT molecular complexity index is 1240. The van der Waals surface area contributed by atoms with Crippen molar-refractivity contribution in [3.63, 3.8) is 0 Å². The molecule has 3 aromatic rings. The quantitative estimate of drug-likeness (QED) is 0.573. The highest BCUT2D eigenvalue weighted by Crippen LogP contribution is 2.34. The lowest BCUT2D eigenvalue weighted by Gasteiger charge is -2.22. The van der Waals surface area contributed by atoms with Gasteiger partial charge in [-0.15, -0.1) is 0 Å². The highest BCUT2D eigenvalue weighted by atomic mass is 19.3. The third kappa shape index (κ3) is 4.46. The summed E-state index contributed by atoms with van der Waals surface area (Å²) in [6.07, 6.45) is 0. The zero-order chi connectivity index (χ0) is 23.4. The van der Waals surface area contributed by atoms with Crippen molar-refractivity contribution in [3.8, 4) is 11.5 Å². The fourth-order valence-corrected chi connectivity index (χ4v) is 3.16. The first-order chi connectivity index (χ1) is 15.2. The molecule has 0 bridgehead atoms. The molecule has 0 radical (unpaired) electrons. The highest BCUT2D eigenvalue weighted by molar-refractivity contribution is 6.09. The van der Waals surface area contributed by atoms with Gasteiger partial charge in [-0.3, -0.25) is 19.1 Å². The molecule has 168 valence electrons. The number of halogens is 2. The molecule has 0 fully saturated rings. The number of methoxy groups -OCH3 is 1. The number of aromatic nitrogens is 2. The van der Waals surface area contributed by atoms with E-state index in [0.29, 0.717) is 0 Å². The molecule has 0 atom stereocenters. The van der Waals surface area contributed by atoms with Gasteiger partial charge in [0.1, 0.15) is 5.82 Å². The van der Waals surface area contributed by atoms with Crippen LogP contribution >= 0.6 is 0 Å². The summed E-state index contributed by atoms with van der Waals surface area (Å²) in [4.78, 5) is 41.0. The number of ether oxygens (including phenoxy) is 2. The van der Waals surface area contributed by atoms with E-state index in [1.165, 1.54) is 32.4 Å². The molecule has 32 heavy (non-hydrogen) atoms. The van der Waals surface area contributed by atoms with Crippen molar-refractivity contribution in [2.75, 3.05) is 24.8 Å². The van der Waals surface area contributed by atoms with Crippen LogP contribution in [-0.4, -0.2) is 36.2 Å². The number of hydrogen-bond donors (Lipinski definition) is 2. The summed E-state index contributed by atoms with van der Waals surface area (Å²) in [6.45, 7) is -3.18. The smallest absolute Gasteiger partial charge is 0.387 e. The third-order valence-electron chi connectivity index (χ3n) is 4.67. The Morgan fingerprint density at radius 2 is 1.84 bits per heavy atom. The molecular formula is C21H20F2N4O5. The van der Waals surface area contributed by atoms with Gasteiger partial charge in [0.05, 0.1) is 19.2 Å². The number of rotatable bonds is 7. The number of carbonyl (C=O) groups excluding carboxylic acids is 1. The van der Waals surface area contributed by atoms with Crippen LogP contribution < -0.4 is 31.4 Å². The first kappa shape index (κ1) is 22.5. The van der Waals surface area contributed by atoms with Gasteiger partial charge in [-0.2, -0.15) is 8.78 Å². The maximum absolute atomic E-state index is 13.1. The Kier molecular flexibility index (Phi) is 6.57. The van der Waals surface area contributed by atoms with Crippen LogP contribution in [-0.2, 0) is 6.54 Å². The normalized spacial score (nSPS) is 10.8. The predicted octanol–water partition coefficient (Wildman–Crippen LogP) is 2.05. The molecule has 0 saturated heterocycles. The summed E-state index contributed by atoms with van der Waals surface area (Å²) in [5, 5.41) is 0. The number of nitrogens with two attached hydrogens (primary N) is 1. The molecule has 3 rings (SSSR count). The summed E-state index contributed by atoms with van der Waals surface area (Å²) in [5.74, 6) is -1.73. The molecule has 0 unspecified atom stereocenters. The van der Waals surface area contributed by atoms with Crippen molar-refractivity contribution in [1.82, 2.24) is 9.55 Å². The maximum atomic E-state index is 13.1. The van der Waals surface area contributed by atoms with Crippen LogP contribution in [0.5, 0.6) is 11.5 Å². The monoisotopic (exact) mass is 446 g/mol. The SMILES string of the molecule is COc1cccc(C(=O)N(C)c2c(N)n(Cc3ccccc3)c(=O)[nH]c2=O)c1OC(F)F. The van der Waals surface area contributed by atoms with E-state index < -0.39 is 29.5 Å². The number of para-hydroxylation sites is 1. The van der Waals surface area contributed by atoms with Crippen molar-refractivity contribution >= 4 is 17.4 Å². The van der Waals surface area contributed by atoms with Gasteiger partial charge in [-0.1, -0.05) is 36.4 Å². The topological polar surface area (TPSA) is 120 Å². The van der Waals surface area contributed by atoms with Crippen LogP contribution in [0.1, 0.15) is 15.9 Å². The van der Waals surface area contributed by atoms with Gasteiger partial charge in [0.25, 0.3) is 11.5 Å². The summed E-state index contributed by atoms with van der Waals surface area (Å²) in [6, 6.07) is 12.8. The van der Waals surface area contributed by atoms with Gasteiger partial charge >= 0.3 is 12.3 Å². The number of nitrogens with zero attached hydrogens (tertiary/aromatic N) is 2. The number of aromatic amines is 1. The Morgan fingerprint density at radius 3 is 2.47 bits per heavy atom. The molecule has 0 spiro atoms. The maximum Gasteiger partial charge on any atom is 0.387 e. The number of alkyl halides is 2. The largest absolute Gasteiger partial charge is 0.493 e. The van der Waals surface area contributed by atoms with Crippen LogP contribution in [0.4, 0.5) is 20.3 Å². The van der Waals surface area contributed by atoms with E-state index in [1.807, 2.05) is 0 Å². The number of benzene rings is 2. The van der Waals surface area contributed by atoms with E-state index >= 15 is 0 Å². The number of nitrogens with one attached hydrogen (secondary N) is 1. The van der Waals surface area contributed by atoms with Crippen molar-refractivity contribution in [2.45, 2.75) is 13.2 Å². The zero-order valence-electron chi connectivity index (χ0n) is 17.2. The minimum absolute atomic E-state index is 0.0379. The van der Waals surface area contributed by atoms with E-state index in [4.69, 9.17) is 10.5 Å². The van der Waals surface area contributed by atoms with E-state index in [1.54, 1.807) is 30.3 Å². The summed E-state index contributed by atoms with van der Waals surface area (Å²) in [7, 11) is 2.46. The number of nitrogen functional groups attached to an aromatic ring is 1. The molecule has 2 aromatic carbocycles. The van der Waals surface area contributed by atoms with Crippen LogP contribution in [0.15, 0.2) is 58.1 Å². The van der Waals surface area contributed by atoms with Gasteiger partial charge in [-0.05, 0) is 17.7 Å². The van der Waals surface area contributed by atoms with Crippen molar-refractivity contribution in [3.05, 3.63) is 80.5 Å². The van der Waals surface area contributed by atoms with Gasteiger partial charge < -0.3 is 20.1 Å². The van der Waals surface area contributed by atoms with Gasteiger partial charge in [-0.25, -0.2) is 4.79 Å². The Hall–Kier alpha value is -4.15. The fourth-order valence-electron chi connectivity index (χ4n) is 3.16. The van der Waals surface area contributed by atoms with E-state index in [9.17, 15) is 23.2 Å².